The van der Waals surface area contributed by atoms with E-state index in [2.05, 4.69) is 4.98 Å². The van der Waals surface area contributed by atoms with Gasteiger partial charge in [0.25, 0.3) is 6.43 Å². The summed E-state index contributed by atoms with van der Waals surface area (Å²) in [6, 6.07) is 0.780. The summed E-state index contributed by atoms with van der Waals surface area (Å²) in [7, 11) is 1.22. The number of aromatic carboxylic acids is 1. The predicted octanol–water partition coefficient (Wildman–Crippen LogP) is 2.46. The lowest BCUT2D eigenvalue weighted by atomic mass is 10.1. The zero-order valence-electron chi connectivity index (χ0n) is 8.21. The van der Waals surface area contributed by atoms with Crippen molar-refractivity contribution in [3.63, 3.8) is 0 Å². The second-order valence-corrected chi connectivity index (χ2v) is 3.08. The highest BCUT2D eigenvalue weighted by Crippen LogP contribution is 2.28. The van der Waals surface area contributed by atoms with Crippen LogP contribution in [0, 0.1) is 0 Å². The average molecular weight is 252 g/mol. The summed E-state index contributed by atoms with van der Waals surface area (Å²) in [5.41, 5.74) is -1.02. The number of carboxylic acid groups (broad SMARTS) is 1. The predicted molar refractivity (Wildman–Crippen MR) is 52.3 cm³/mol. The molecule has 0 spiro atoms. The minimum atomic E-state index is -2.86. The fraction of sp³-hybridized carbons (Fsp3) is 0.333. The number of alkyl halides is 3. The van der Waals surface area contributed by atoms with Gasteiger partial charge in [0, 0.05) is 0 Å². The van der Waals surface area contributed by atoms with E-state index in [4.69, 9.17) is 21.4 Å². The maximum atomic E-state index is 12.4. The molecule has 0 saturated carbocycles. The molecule has 0 atom stereocenters. The Labute approximate surface area is 94.8 Å². The molecule has 0 fully saturated rings. The molecule has 1 rings (SSSR count). The Morgan fingerprint density at radius 2 is 2.31 bits per heavy atom. The maximum absolute atomic E-state index is 12.4. The average Bonchev–Trinajstić information content (AvgIpc) is 2.26. The number of pyridine rings is 1. The van der Waals surface area contributed by atoms with Gasteiger partial charge in [-0.15, -0.1) is 11.6 Å². The van der Waals surface area contributed by atoms with Crippen molar-refractivity contribution < 1.29 is 23.4 Å². The van der Waals surface area contributed by atoms with Gasteiger partial charge in [-0.2, -0.15) is 0 Å². The summed E-state index contributed by atoms with van der Waals surface area (Å²) >= 11 is 5.48. The Morgan fingerprint density at radius 1 is 1.69 bits per heavy atom. The first-order chi connectivity index (χ1) is 7.51. The summed E-state index contributed by atoms with van der Waals surface area (Å²) in [5.74, 6) is -1.66. The van der Waals surface area contributed by atoms with E-state index in [0.717, 1.165) is 6.07 Å². The summed E-state index contributed by atoms with van der Waals surface area (Å²) in [6.45, 7) is 0. The summed E-state index contributed by atoms with van der Waals surface area (Å²) in [6.07, 6.45) is -2.86. The summed E-state index contributed by atoms with van der Waals surface area (Å²) in [5, 5.41) is 8.83. The topological polar surface area (TPSA) is 59.4 Å². The van der Waals surface area contributed by atoms with Crippen molar-refractivity contribution in [2.24, 2.45) is 0 Å². The monoisotopic (exact) mass is 251 g/mol. The maximum Gasteiger partial charge on any atom is 0.339 e. The lowest BCUT2D eigenvalue weighted by molar-refractivity contribution is 0.0692. The van der Waals surface area contributed by atoms with E-state index in [9.17, 15) is 13.6 Å². The van der Waals surface area contributed by atoms with Crippen LogP contribution in [0.2, 0.25) is 0 Å². The fourth-order valence-corrected chi connectivity index (χ4v) is 1.38. The van der Waals surface area contributed by atoms with Crippen molar-refractivity contribution in [1.29, 1.82) is 0 Å². The van der Waals surface area contributed by atoms with Crippen LogP contribution in [0.25, 0.3) is 0 Å². The molecule has 0 radical (unpaired) electrons. The molecule has 0 bridgehead atoms. The molecule has 16 heavy (non-hydrogen) atoms. The molecule has 0 saturated heterocycles. The molecule has 0 aromatic carbocycles. The van der Waals surface area contributed by atoms with Crippen molar-refractivity contribution >= 4 is 17.6 Å². The van der Waals surface area contributed by atoms with E-state index in [1.807, 2.05) is 0 Å². The minimum Gasteiger partial charge on any atom is -0.494 e. The number of rotatable bonds is 4. The van der Waals surface area contributed by atoms with E-state index >= 15 is 0 Å². The Hall–Kier alpha value is -1.43. The molecule has 0 aliphatic rings. The number of methoxy groups -OCH3 is 1. The normalized spacial score (nSPS) is 10.6. The van der Waals surface area contributed by atoms with Gasteiger partial charge in [0.1, 0.15) is 11.3 Å². The number of nitrogens with zero attached hydrogens (tertiary/aromatic N) is 1. The third kappa shape index (κ3) is 2.38. The number of hydrogen-bond acceptors (Lipinski definition) is 3. The number of carbonyl (C=O) groups is 1. The number of aromatic nitrogens is 1. The van der Waals surface area contributed by atoms with E-state index in [-0.39, 0.29) is 22.9 Å². The molecule has 1 aromatic heterocycles. The van der Waals surface area contributed by atoms with Crippen molar-refractivity contribution in [1.82, 2.24) is 4.98 Å². The largest absolute Gasteiger partial charge is 0.494 e. The van der Waals surface area contributed by atoms with E-state index in [0.29, 0.717) is 0 Å². The number of ether oxygens (including phenoxy) is 1. The van der Waals surface area contributed by atoms with Gasteiger partial charge in [0.05, 0.1) is 18.7 Å². The molecule has 0 amide bonds. The molecular formula is C9H8ClF2NO3. The van der Waals surface area contributed by atoms with Crippen LogP contribution in [-0.2, 0) is 5.88 Å². The Kier molecular flexibility index (Phi) is 4.00. The molecule has 7 heteroatoms. The number of halogens is 3. The first-order valence-corrected chi connectivity index (χ1v) is 4.70. The molecule has 0 unspecified atom stereocenters. The smallest absolute Gasteiger partial charge is 0.339 e. The van der Waals surface area contributed by atoms with Crippen LogP contribution in [0.3, 0.4) is 0 Å². The SMILES string of the molecule is COc1c(C(=O)O)cc(C(F)F)nc1CCl. The quantitative estimate of drug-likeness (QED) is 0.835. The van der Waals surface area contributed by atoms with Gasteiger partial charge in [-0.05, 0) is 6.07 Å². The number of hydrogen-bond donors (Lipinski definition) is 1. The highest BCUT2D eigenvalue weighted by molar-refractivity contribution is 6.17. The van der Waals surface area contributed by atoms with E-state index < -0.39 is 18.1 Å². The van der Waals surface area contributed by atoms with Gasteiger partial charge in [-0.25, -0.2) is 18.6 Å². The van der Waals surface area contributed by atoms with Crippen molar-refractivity contribution in [2.45, 2.75) is 12.3 Å². The minimum absolute atomic E-state index is 0.0145. The second kappa shape index (κ2) is 5.07. The lowest BCUT2D eigenvalue weighted by Gasteiger charge is -2.10. The van der Waals surface area contributed by atoms with Crippen LogP contribution in [0.15, 0.2) is 6.07 Å². The van der Waals surface area contributed by atoms with Crippen LogP contribution in [0.1, 0.15) is 28.2 Å². The van der Waals surface area contributed by atoms with Gasteiger partial charge >= 0.3 is 5.97 Å². The molecule has 1 aromatic rings. The van der Waals surface area contributed by atoms with Crippen LogP contribution >= 0.6 is 11.6 Å². The van der Waals surface area contributed by atoms with Crippen LogP contribution < -0.4 is 4.74 Å². The first kappa shape index (κ1) is 12.6. The summed E-state index contributed by atoms with van der Waals surface area (Å²) < 4.78 is 29.6. The van der Waals surface area contributed by atoms with Crippen molar-refractivity contribution in [2.75, 3.05) is 7.11 Å². The fourth-order valence-electron chi connectivity index (χ4n) is 1.20. The third-order valence-corrected chi connectivity index (χ3v) is 2.10. The van der Waals surface area contributed by atoms with Gasteiger partial charge in [-0.3, -0.25) is 0 Å². The highest BCUT2D eigenvalue weighted by Gasteiger charge is 2.21. The Balaban J connectivity index is 3.43. The Bertz CT molecular complexity index is 412. The van der Waals surface area contributed by atoms with Crippen LogP contribution in [0.5, 0.6) is 5.75 Å². The highest BCUT2D eigenvalue weighted by atomic mass is 35.5. The van der Waals surface area contributed by atoms with Crippen molar-refractivity contribution in [3.05, 3.63) is 23.0 Å². The lowest BCUT2D eigenvalue weighted by Crippen LogP contribution is -2.07. The molecule has 0 aliphatic heterocycles. The van der Waals surface area contributed by atoms with Gasteiger partial charge in [0.2, 0.25) is 0 Å². The molecule has 1 N–H and O–H groups in total. The third-order valence-electron chi connectivity index (χ3n) is 1.85. The molecule has 4 nitrogen and oxygen atoms in total. The molecule has 1 heterocycles. The van der Waals surface area contributed by atoms with Crippen LogP contribution in [-0.4, -0.2) is 23.2 Å². The van der Waals surface area contributed by atoms with Gasteiger partial charge < -0.3 is 9.84 Å². The zero-order chi connectivity index (χ0) is 12.3. The van der Waals surface area contributed by atoms with E-state index in [1.54, 1.807) is 0 Å². The van der Waals surface area contributed by atoms with E-state index in [1.165, 1.54) is 7.11 Å². The molecule has 0 aliphatic carbocycles. The molecular weight excluding hydrogens is 244 g/mol. The standard InChI is InChI=1S/C9H8ClF2NO3/c1-16-7-4(9(14)15)2-5(8(11)12)13-6(7)3-10/h2,8H,3H2,1H3,(H,14,15). The van der Waals surface area contributed by atoms with Gasteiger partial charge in [-0.1, -0.05) is 0 Å². The molecule has 88 valence electrons. The van der Waals surface area contributed by atoms with Crippen LogP contribution in [0.4, 0.5) is 8.78 Å². The summed E-state index contributed by atoms with van der Waals surface area (Å²) in [4.78, 5) is 14.4. The first-order valence-electron chi connectivity index (χ1n) is 4.16. The zero-order valence-corrected chi connectivity index (χ0v) is 8.96. The van der Waals surface area contributed by atoms with Crippen molar-refractivity contribution in [3.8, 4) is 5.75 Å². The Morgan fingerprint density at radius 3 is 2.69 bits per heavy atom. The second-order valence-electron chi connectivity index (χ2n) is 2.81. The van der Waals surface area contributed by atoms with Gasteiger partial charge in [0.15, 0.2) is 5.75 Å². The number of carboxylic acids is 1.